The Labute approximate surface area is 104 Å². The van der Waals surface area contributed by atoms with Crippen molar-refractivity contribution < 1.29 is 4.74 Å². The molecule has 1 aromatic rings. The second kappa shape index (κ2) is 8.01. The predicted octanol–water partition coefficient (Wildman–Crippen LogP) is 2.40. The van der Waals surface area contributed by atoms with Gasteiger partial charge in [0.1, 0.15) is 0 Å². The Hall–Kier alpha value is -1.16. The molecule has 0 saturated carbocycles. The van der Waals surface area contributed by atoms with Crippen molar-refractivity contribution in [2.24, 2.45) is 5.92 Å². The molecule has 1 heterocycles. The smallest absolute Gasteiger partial charge is 0.232 e. The first-order valence-corrected chi connectivity index (χ1v) is 6.40. The molecule has 0 fully saturated rings. The zero-order valence-corrected chi connectivity index (χ0v) is 11.1. The van der Waals surface area contributed by atoms with Gasteiger partial charge in [-0.2, -0.15) is 0 Å². The van der Waals surface area contributed by atoms with Crippen molar-refractivity contribution in [3.63, 3.8) is 0 Å². The van der Waals surface area contributed by atoms with Gasteiger partial charge in [0, 0.05) is 6.54 Å². The Kier molecular flexibility index (Phi) is 6.55. The number of ether oxygens (including phenoxy) is 1. The first-order valence-electron chi connectivity index (χ1n) is 6.40. The van der Waals surface area contributed by atoms with Crippen LogP contribution in [-0.2, 0) is 6.54 Å². The minimum absolute atomic E-state index is 0.572. The molecule has 0 aliphatic rings. The van der Waals surface area contributed by atoms with Crippen LogP contribution in [0, 0.1) is 5.92 Å². The molecule has 17 heavy (non-hydrogen) atoms. The number of nitrogens with zero attached hydrogens (tertiary/aromatic N) is 2. The molecule has 0 aliphatic heterocycles. The van der Waals surface area contributed by atoms with Crippen LogP contribution >= 0.6 is 0 Å². The highest BCUT2D eigenvalue weighted by Gasteiger charge is 2.03. The Morgan fingerprint density at radius 1 is 1.29 bits per heavy atom. The summed E-state index contributed by atoms with van der Waals surface area (Å²) in [5.41, 5.74) is 0.945. The summed E-state index contributed by atoms with van der Waals surface area (Å²) in [6.07, 6.45) is 5.84. The van der Waals surface area contributed by atoms with Crippen molar-refractivity contribution in [1.29, 1.82) is 0 Å². The van der Waals surface area contributed by atoms with Crippen LogP contribution in [0.2, 0.25) is 0 Å². The molecule has 0 bridgehead atoms. The maximum absolute atomic E-state index is 5.59. The lowest BCUT2D eigenvalue weighted by Gasteiger charge is -2.11. The lowest BCUT2D eigenvalue weighted by molar-refractivity contribution is 0.242. The van der Waals surface area contributed by atoms with Crippen molar-refractivity contribution >= 4 is 0 Å². The fraction of sp³-hybridized carbons (Fsp3) is 0.692. The SMILES string of the molecule is CCCC(C)COc1cnc(CNCC)cn1. The molecule has 0 radical (unpaired) electrons. The molecule has 0 aromatic carbocycles. The van der Waals surface area contributed by atoms with Gasteiger partial charge in [0.15, 0.2) is 0 Å². The minimum atomic E-state index is 0.572. The predicted molar refractivity (Wildman–Crippen MR) is 69.0 cm³/mol. The summed E-state index contributed by atoms with van der Waals surface area (Å²) in [5.74, 6) is 1.19. The van der Waals surface area contributed by atoms with Crippen molar-refractivity contribution in [1.82, 2.24) is 15.3 Å². The van der Waals surface area contributed by atoms with Gasteiger partial charge in [-0.05, 0) is 18.9 Å². The topological polar surface area (TPSA) is 47.0 Å². The van der Waals surface area contributed by atoms with E-state index in [9.17, 15) is 0 Å². The van der Waals surface area contributed by atoms with Gasteiger partial charge in [0.05, 0.1) is 24.7 Å². The van der Waals surface area contributed by atoms with Gasteiger partial charge in [-0.3, -0.25) is 4.98 Å². The number of rotatable bonds is 8. The minimum Gasteiger partial charge on any atom is -0.476 e. The highest BCUT2D eigenvalue weighted by atomic mass is 16.5. The summed E-state index contributed by atoms with van der Waals surface area (Å²) < 4.78 is 5.59. The van der Waals surface area contributed by atoms with Gasteiger partial charge in [0.25, 0.3) is 0 Å². The zero-order valence-electron chi connectivity index (χ0n) is 11.1. The highest BCUT2D eigenvalue weighted by molar-refractivity contribution is 5.07. The molecule has 1 N–H and O–H groups in total. The lowest BCUT2D eigenvalue weighted by atomic mass is 10.1. The average Bonchev–Trinajstić information content (AvgIpc) is 2.35. The van der Waals surface area contributed by atoms with E-state index in [4.69, 9.17) is 4.74 Å². The van der Waals surface area contributed by atoms with Crippen LogP contribution in [0.4, 0.5) is 0 Å². The molecule has 1 aromatic heterocycles. The third-order valence-electron chi connectivity index (χ3n) is 2.53. The van der Waals surface area contributed by atoms with Crippen molar-refractivity contribution in [2.45, 2.75) is 40.2 Å². The number of hydrogen-bond acceptors (Lipinski definition) is 4. The molecule has 4 nitrogen and oxygen atoms in total. The maximum atomic E-state index is 5.59. The molecule has 1 atom stereocenters. The Morgan fingerprint density at radius 2 is 2.12 bits per heavy atom. The Balaban J connectivity index is 2.34. The van der Waals surface area contributed by atoms with Crippen LogP contribution < -0.4 is 10.1 Å². The fourth-order valence-corrected chi connectivity index (χ4v) is 1.57. The van der Waals surface area contributed by atoms with Crippen molar-refractivity contribution in [3.8, 4) is 5.88 Å². The van der Waals surface area contributed by atoms with Crippen LogP contribution in [0.5, 0.6) is 5.88 Å². The summed E-state index contributed by atoms with van der Waals surface area (Å²) in [6, 6.07) is 0. The zero-order chi connectivity index (χ0) is 12.5. The largest absolute Gasteiger partial charge is 0.476 e. The van der Waals surface area contributed by atoms with E-state index in [1.807, 2.05) is 0 Å². The first-order chi connectivity index (χ1) is 8.26. The number of aromatic nitrogens is 2. The molecule has 1 rings (SSSR count). The molecule has 4 heteroatoms. The Bertz CT molecular complexity index is 300. The summed E-state index contributed by atoms with van der Waals surface area (Å²) in [4.78, 5) is 8.53. The molecule has 0 amide bonds. The van der Waals surface area contributed by atoms with Crippen molar-refractivity contribution in [3.05, 3.63) is 18.1 Å². The average molecular weight is 237 g/mol. The monoisotopic (exact) mass is 237 g/mol. The molecule has 0 aliphatic carbocycles. The Morgan fingerprint density at radius 3 is 2.71 bits per heavy atom. The molecule has 0 spiro atoms. The first kappa shape index (κ1) is 13.9. The summed E-state index contributed by atoms with van der Waals surface area (Å²) in [5, 5.41) is 3.21. The molecule has 1 unspecified atom stereocenters. The van der Waals surface area contributed by atoms with Gasteiger partial charge in [-0.25, -0.2) is 4.98 Å². The van der Waals surface area contributed by atoms with Crippen LogP contribution in [0.1, 0.15) is 39.3 Å². The summed E-state index contributed by atoms with van der Waals surface area (Å²) in [7, 11) is 0. The third kappa shape index (κ3) is 5.63. The molecule has 96 valence electrons. The maximum Gasteiger partial charge on any atom is 0.232 e. The molecular formula is C13H23N3O. The van der Waals surface area contributed by atoms with E-state index in [2.05, 4.69) is 36.1 Å². The van der Waals surface area contributed by atoms with E-state index in [1.54, 1.807) is 12.4 Å². The molecule has 0 saturated heterocycles. The summed E-state index contributed by atoms with van der Waals surface area (Å²) in [6.45, 7) is 8.86. The van der Waals surface area contributed by atoms with E-state index in [0.717, 1.165) is 25.4 Å². The highest BCUT2D eigenvalue weighted by Crippen LogP contribution is 2.09. The fourth-order valence-electron chi connectivity index (χ4n) is 1.57. The van der Waals surface area contributed by atoms with E-state index >= 15 is 0 Å². The normalized spacial score (nSPS) is 12.4. The van der Waals surface area contributed by atoms with Crippen LogP contribution in [0.15, 0.2) is 12.4 Å². The quantitative estimate of drug-likeness (QED) is 0.754. The molecular weight excluding hydrogens is 214 g/mol. The van der Waals surface area contributed by atoms with Crippen LogP contribution in [0.3, 0.4) is 0 Å². The standard InChI is InChI=1S/C13H23N3O/c1-4-6-11(3)10-17-13-9-15-12(8-16-13)7-14-5-2/h8-9,11,14H,4-7,10H2,1-3H3. The van der Waals surface area contributed by atoms with Gasteiger partial charge < -0.3 is 10.1 Å². The van der Waals surface area contributed by atoms with Crippen LogP contribution in [-0.4, -0.2) is 23.1 Å². The second-order valence-electron chi connectivity index (χ2n) is 4.33. The van der Waals surface area contributed by atoms with E-state index in [0.29, 0.717) is 11.8 Å². The number of hydrogen-bond donors (Lipinski definition) is 1. The van der Waals surface area contributed by atoms with Gasteiger partial charge in [-0.15, -0.1) is 0 Å². The van der Waals surface area contributed by atoms with Crippen LogP contribution in [0.25, 0.3) is 0 Å². The second-order valence-corrected chi connectivity index (χ2v) is 4.33. The van der Waals surface area contributed by atoms with Gasteiger partial charge >= 0.3 is 0 Å². The lowest BCUT2D eigenvalue weighted by Crippen LogP contribution is -2.13. The van der Waals surface area contributed by atoms with Crippen molar-refractivity contribution in [2.75, 3.05) is 13.2 Å². The van der Waals surface area contributed by atoms with E-state index < -0.39 is 0 Å². The number of nitrogens with one attached hydrogen (secondary N) is 1. The van der Waals surface area contributed by atoms with Gasteiger partial charge in [0.2, 0.25) is 5.88 Å². The van der Waals surface area contributed by atoms with Gasteiger partial charge in [-0.1, -0.05) is 27.2 Å². The third-order valence-corrected chi connectivity index (χ3v) is 2.53. The van der Waals surface area contributed by atoms with E-state index in [1.165, 1.54) is 12.8 Å². The van der Waals surface area contributed by atoms with E-state index in [-0.39, 0.29) is 0 Å². The summed E-state index contributed by atoms with van der Waals surface area (Å²) >= 11 is 0.